The van der Waals surface area contributed by atoms with Crippen LogP contribution in [0.4, 0.5) is 10.5 Å². The first-order chi connectivity index (χ1) is 17.4. The molecule has 2 aromatic rings. The van der Waals surface area contributed by atoms with Gasteiger partial charge in [-0.3, -0.25) is 9.59 Å². The molecule has 0 bridgehead atoms. The lowest BCUT2D eigenvalue weighted by molar-refractivity contribution is -0.141. The summed E-state index contributed by atoms with van der Waals surface area (Å²) in [6, 6.07) is 12.8. The number of anilines is 1. The van der Waals surface area contributed by atoms with E-state index in [9.17, 15) is 14.4 Å². The highest BCUT2D eigenvalue weighted by Crippen LogP contribution is 2.27. The number of ether oxygens (including phenoxy) is 2. The first kappa shape index (κ1) is 29.7. The van der Waals surface area contributed by atoms with Gasteiger partial charge in [0.1, 0.15) is 23.4 Å². The minimum atomic E-state index is -0.906. The van der Waals surface area contributed by atoms with Crippen molar-refractivity contribution >= 4 is 23.6 Å². The Morgan fingerprint density at radius 3 is 2.19 bits per heavy atom. The number of methoxy groups -OCH3 is 1. The van der Waals surface area contributed by atoms with E-state index in [0.717, 1.165) is 5.56 Å². The van der Waals surface area contributed by atoms with Crippen molar-refractivity contribution in [3.05, 3.63) is 59.7 Å². The van der Waals surface area contributed by atoms with Crippen molar-refractivity contribution in [1.29, 1.82) is 0 Å². The van der Waals surface area contributed by atoms with Crippen LogP contribution in [0.15, 0.2) is 48.5 Å². The fraction of sp³-hybridized carbons (Fsp3) is 0.483. The average molecular weight is 512 g/mol. The summed E-state index contributed by atoms with van der Waals surface area (Å²) in [5, 5.41) is 5.68. The van der Waals surface area contributed by atoms with E-state index in [1.54, 1.807) is 57.0 Å². The largest absolute Gasteiger partial charge is 0.497 e. The summed E-state index contributed by atoms with van der Waals surface area (Å²) in [6.45, 7) is 13.2. The van der Waals surface area contributed by atoms with Crippen LogP contribution in [0, 0.1) is 12.8 Å². The summed E-state index contributed by atoms with van der Waals surface area (Å²) in [5.41, 5.74) is 1.53. The number of hydrogen-bond acceptors (Lipinski definition) is 5. The van der Waals surface area contributed by atoms with Gasteiger partial charge in [-0.25, -0.2) is 4.79 Å². The summed E-state index contributed by atoms with van der Waals surface area (Å²) in [5.74, 6) is -0.261. The van der Waals surface area contributed by atoms with Crippen molar-refractivity contribution in [2.45, 2.75) is 72.6 Å². The van der Waals surface area contributed by atoms with E-state index in [2.05, 4.69) is 10.6 Å². The lowest BCUT2D eigenvalue weighted by Crippen LogP contribution is -2.54. The van der Waals surface area contributed by atoms with E-state index in [4.69, 9.17) is 9.47 Å². The Hall–Kier alpha value is -3.55. The van der Waals surface area contributed by atoms with Crippen LogP contribution in [0.2, 0.25) is 0 Å². The molecular weight excluding hydrogens is 470 g/mol. The molecule has 0 aliphatic rings. The van der Waals surface area contributed by atoms with Gasteiger partial charge in [0.25, 0.3) is 5.91 Å². The second-order valence-corrected chi connectivity index (χ2v) is 10.4. The first-order valence-corrected chi connectivity index (χ1v) is 12.7. The van der Waals surface area contributed by atoms with Crippen molar-refractivity contribution < 1.29 is 23.9 Å². The molecule has 2 unspecified atom stereocenters. The predicted octanol–water partition coefficient (Wildman–Crippen LogP) is 5.47. The van der Waals surface area contributed by atoms with Gasteiger partial charge in [-0.05, 0) is 69.9 Å². The number of hydrogen-bond donors (Lipinski definition) is 2. The highest BCUT2D eigenvalue weighted by atomic mass is 16.6. The lowest BCUT2D eigenvalue weighted by atomic mass is 9.97. The third kappa shape index (κ3) is 8.81. The van der Waals surface area contributed by atoms with Crippen molar-refractivity contribution in [3.63, 3.8) is 0 Å². The molecule has 0 aliphatic carbocycles. The number of aryl methyl sites for hydroxylation is 1. The van der Waals surface area contributed by atoms with Crippen LogP contribution in [0.3, 0.4) is 0 Å². The van der Waals surface area contributed by atoms with E-state index in [0.29, 0.717) is 30.0 Å². The molecule has 0 spiro atoms. The molecule has 2 atom stereocenters. The number of rotatable bonds is 10. The normalized spacial score (nSPS) is 12.9. The van der Waals surface area contributed by atoms with Crippen molar-refractivity contribution in [2.24, 2.45) is 5.92 Å². The number of alkyl carbamates (subject to hydrolysis) is 1. The van der Waals surface area contributed by atoms with Crippen molar-refractivity contribution in [1.82, 2.24) is 10.2 Å². The van der Waals surface area contributed by atoms with Gasteiger partial charge in [0.15, 0.2) is 0 Å². The summed E-state index contributed by atoms with van der Waals surface area (Å²) < 4.78 is 10.6. The molecule has 3 amide bonds. The summed E-state index contributed by atoms with van der Waals surface area (Å²) in [7, 11) is 1.58. The second kappa shape index (κ2) is 13.1. The molecule has 8 heteroatoms. The van der Waals surface area contributed by atoms with E-state index in [1.807, 2.05) is 52.0 Å². The lowest BCUT2D eigenvalue weighted by Gasteiger charge is -2.35. The zero-order valence-electron chi connectivity index (χ0n) is 23.3. The molecule has 37 heavy (non-hydrogen) atoms. The Labute approximate surface area is 220 Å². The molecule has 2 N–H and O–H groups in total. The smallest absolute Gasteiger partial charge is 0.408 e. The molecule has 202 valence electrons. The van der Waals surface area contributed by atoms with Gasteiger partial charge in [-0.1, -0.05) is 50.6 Å². The number of carbonyl (C=O) groups is 3. The summed E-state index contributed by atoms with van der Waals surface area (Å²) >= 11 is 0. The van der Waals surface area contributed by atoms with Crippen LogP contribution in [0.25, 0.3) is 0 Å². The van der Waals surface area contributed by atoms with Crippen LogP contribution in [0.5, 0.6) is 5.75 Å². The molecule has 0 aromatic heterocycles. The third-order valence-corrected chi connectivity index (χ3v) is 5.63. The molecule has 0 radical (unpaired) electrons. The highest BCUT2D eigenvalue weighted by Gasteiger charge is 2.37. The Kier molecular flexibility index (Phi) is 10.5. The fourth-order valence-electron chi connectivity index (χ4n) is 3.93. The molecular formula is C29H41N3O5. The van der Waals surface area contributed by atoms with E-state index < -0.39 is 23.8 Å². The van der Waals surface area contributed by atoms with Gasteiger partial charge in [-0.15, -0.1) is 0 Å². The number of amides is 3. The second-order valence-electron chi connectivity index (χ2n) is 10.4. The van der Waals surface area contributed by atoms with E-state index >= 15 is 0 Å². The van der Waals surface area contributed by atoms with Crippen LogP contribution >= 0.6 is 0 Å². The van der Waals surface area contributed by atoms with Gasteiger partial charge in [0.2, 0.25) is 5.91 Å². The minimum Gasteiger partial charge on any atom is -0.497 e. The Bertz CT molecular complexity index is 1060. The third-order valence-electron chi connectivity index (χ3n) is 5.63. The molecule has 0 heterocycles. The molecule has 0 fully saturated rings. The number of nitrogens with zero attached hydrogens (tertiary/aromatic N) is 1. The van der Waals surface area contributed by atoms with Crippen LogP contribution in [-0.4, -0.2) is 48.1 Å². The molecule has 0 saturated heterocycles. The van der Waals surface area contributed by atoms with Gasteiger partial charge < -0.3 is 25.0 Å². The van der Waals surface area contributed by atoms with Crippen LogP contribution in [0.1, 0.15) is 65.1 Å². The Morgan fingerprint density at radius 1 is 1.03 bits per heavy atom. The maximum absolute atomic E-state index is 14.0. The zero-order valence-corrected chi connectivity index (χ0v) is 23.3. The maximum Gasteiger partial charge on any atom is 0.408 e. The maximum atomic E-state index is 14.0. The van der Waals surface area contributed by atoms with Gasteiger partial charge in [0, 0.05) is 12.2 Å². The molecule has 8 nitrogen and oxygen atoms in total. The number of nitrogens with one attached hydrogen (secondary N) is 2. The predicted molar refractivity (Wildman–Crippen MR) is 146 cm³/mol. The van der Waals surface area contributed by atoms with E-state index in [-0.39, 0.29) is 17.7 Å². The fourth-order valence-corrected chi connectivity index (χ4v) is 3.93. The molecule has 2 rings (SSSR count). The van der Waals surface area contributed by atoms with Gasteiger partial charge >= 0.3 is 6.09 Å². The minimum absolute atomic E-state index is 0.234. The van der Waals surface area contributed by atoms with E-state index in [1.165, 1.54) is 0 Å². The SMILES string of the molecule is CCCN(C(=O)C(NC(=O)OC(C)(C)C)C(C)C)C(C(=O)Nc1ccc(OC)cc1)c1cccc(C)c1. The number of benzene rings is 2. The standard InChI is InChI=1S/C29H41N3O5/c1-9-17-32(27(34)24(19(2)3)31-28(35)37-29(5,6)7)25(21-12-10-11-20(4)18-21)26(33)30-22-13-15-23(36-8)16-14-22/h10-16,18-19,24-25H,9,17H2,1-8H3,(H,30,33)(H,31,35). The topological polar surface area (TPSA) is 97.0 Å². The van der Waals surface area contributed by atoms with Crippen molar-refractivity contribution in [3.8, 4) is 5.75 Å². The van der Waals surface area contributed by atoms with Crippen LogP contribution < -0.4 is 15.4 Å². The van der Waals surface area contributed by atoms with Gasteiger partial charge in [-0.2, -0.15) is 0 Å². The first-order valence-electron chi connectivity index (χ1n) is 12.7. The highest BCUT2D eigenvalue weighted by molar-refractivity contribution is 5.99. The van der Waals surface area contributed by atoms with Crippen LogP contribution in [-0.2, 0) is 14.3 Å². The summed E-state index contributed by atoms with van der Waals surface area (Å²) in [4.78, 5) is 41.9. The van der Waals surface area contributed by atoms with Crippen molar-refractivity contribution in [2.75, 3.05) is 19.0 Å². The quantitative estimate of drug-likeness (QED) is 0.441. The van der Waals surface area contributed by atoms with Gasteiger partial charge in [0.05, 0.1) is 7.11 Å². The Morgan fingerprint density at radius 2 is 1.68 bits per heavy atom. The molecule has 0 saturated carbocycles. The Balaban J connectivity index is 2.46. The number of carbonyl (C=O) groups excluding carboxylic acids is 3. The average Bonchev–Trinajstić information content (AvgIpc) is 2.81. The summed E-state index contributed by atoms with van der Waals surface area (Å²) in [6.07, 6.45) is -0.0491. The molecule has 2 aromatic carbocycles. The monoisotopic (exact) mass is 511 g/mol. The zero-order chi connectivity index (χ0) is 27.8. The molecule has 0 aliphatic heterocycles.